The summed E-state index contributed by atoms with van der Waals surface area (Å²) in [6.45, 7) is 9.56. The lowest BCUT2D eigenvalue weighted by Crippen LogP contribution is -2.50. The van der Waals surface area contributed by atoms with Gasteiger partial charge in [0.2, 0.25) is 11.8 Å². The van der Waals surface area contributed by atoms with Gasteiger partial charge >= 0.3 is 0 Å². The zero-order valence-electron chi connectivity index (χ0n) is 15.1. The molecule has 0 radical (unpaired) electrons. The van der Waals surface area contributed by atoms with Gasteiger partial charge in [0.1, 0.15) is 5.75 Å². The Bertz CT molecular complexity index is 609. The second kappa shape index (κ2) is 7.87. The zero-order valence-corrected chi connectivity index (χ0v) is 15.1. The molecule has 0 aromatic heterocycles. The average molecular weight is 345 g/mol. The lowest BCUT2D eigenvalue weighted by atomic mass is 10.1. The van der Waals surface area contributed by atoms with E-state index in [9.17, 15) is 9.59 Å². The molecule has 1 aromatic rings. The van der Waals surface area contributed by atoms with Crippen molar-refractivity contribution >= 4 is 17.5 Å². The molecule has 2 amide bonds. The highest BCUT2D eigenvalue weighted by Crippen LogP contribution is 2.28. The van der Waals surface area contributed by atoms with E-state index in [0.717, 1.165) is 44.2 Å². The summed E-state index contributed by atoms with van der Waals surface area (Å²) < 4.78 is 5.44. The van der Waals surface area contributed by atoms with E-state index >= 15 is 0 Å². The molecule has 2 fully saturated rings. The number of hydrogen-bond donors (Lipinski definition) is 0. The van der Waals surface area contributed by atoms with E-state index < -0.39 is 0 Å². The van der Waals surface area contributed by atoms with Crippen LogP contribution in [-0.2, 0) is 9.59 Å². The summed E-state index contributed by atoms with van der Waals surface area (Å²) >= 11 is 0. The van der Waals surface area contributed by atoms with Crippen LogP contribution < -0.4 is 9.64 Å². The predicted octanol–water partition coefficient (Wildman–Crippen LogP) is 1.60. The van der Waals surface area contributed by atoms with Crippen LogP contribution in [0.1, 0.15) is 20.3 Å². The summed E-state index contributed by atoms with van der Waals surface area (Å²) in [6, 6.07) is 7.50. The van der Waals surface area contributed by atoms with E-state index in [-0.39, 0.29) is 17.7 Å². The van der Waals surface area contributed by atoms with Crippen molar-refractivity contribution in [3.05, 3.63) is 24.3 Å². The largest absolute Gasteiger partial charge is 0.494 e. The van der Waals surface area contributed by atoms with Crippen LogP contribution in [0.4, 0.5) is 5.69 Å². The Morgan fingerprint density at radius 2 is 1.80 bits per heavy atom. The number of rotatable bonds is 5. The van der Waals surface area contributed by atoms with Crippen molar-refractivity contribution in [2.24, 2.45) is 5.92 Å². The van der Waals surface area contributed by atoms with Crippen LogP contribution >= 0.6 is 0 Å². The molecule has 25 heavy (non-hydrogen) atoms. The van der Waals surface area contributed by atoms with Crippen molar-refractivity contribution < 1.29 is 14.3 Å². The van der Waals surface area contributed by atoms with Gasteiger partial charge in [-0.1, -0.05) is 6.92 Å². The van der Waals surface area contributed by atoms with Gasteiger partial charge in [-0.3, -0.25) is 9.59 Å². The number of carbonyl (C=O) groups excluding carboxylic acids is 2. The van der Waals surface area contributed by atoms with Crippen molar-refractivity contribution in [3.63, 3.8) is 0 Å². The maximum atomic E-state index is 12.8. The van der Waals surface area contributed by atoms with Crippen LogP contribution in [0.15, 0.2) is 24.3 Å². The molecule has 136 valence electrons. The maximum Gasteiger partial charge on any atom is 0.228 e. The summed E-state index contributed by atoms with van der Waals surface area (Å²) in [5, 5.41) is 0. The molecule has 2 saturated heterocycles. The van der Waals surface area contributed by atoms with Crippen molar-refractivity contribution in [1.82, 2.24) is 9.80 Å². The Hall–Kier alpha value is -2.08. The molecule has 0 aliphatic carbocycles. The van der Waals surface area contributed by atoms with Crippen molar-refractivity contribution in [3.8, 4) is 5.75 Å². The van der Waals surface area contributed by atoms with E-state index in [1.165, 1.54) is 0 Å². The van der Waals surface area contributed by atoms with Crippen LogP contribution in [0.2, 0.25) is 0 Å². The number of ether oxygens (including phenoxy) is 1. The number of hydrogen-bond acceptors (Lipinski definition) is 4. The predicted molar refractivity (Wildman–Crippen MR) is 96.8 cm³/mol. The highest BCUT2D eigenvalue weighted by molar-refractivity contribution is 6.00. The maximum absolute atomic E-state index is 12.8. The molecule has 2 aliphatic rings. The smallest absolute Gasteiger partial charge is 0.228 e. The Balaban J connectivity index is 1.61. The first-order valence-corrected chi connectivity index (χ1v) is 9.16. The van der Waals surface area contributed by atoms with E-state index in [2.05, 4.69) is 11.8 Å². The fraction of sp³-hybridized carbons (Fsp3) is 0.579. The molecule has 2 heterocycles. The van der Waals surface area contributed by atoms with Gasteiger partial charge in [-0.25, -0.2) is 0 Å². The quantitative estimate of drug-likeness (QED) is 0.813. The van der Waals surface area contributed by atoms with Gasteiger partial charge in [0.25, 0.3) is 0 Å². The fourth-order valence-corrected chi connectivity index (χ4v) is 3.55. The number of amides is 2. The minimum Gasteiger partial charge on any atom is -0.494 e. The second-order valence-electron chi connectivity index (χ2n) is 6.59. The molecule has 0 saturated carbocycles. The van der Waals surface area contributed by atoms with Crippen LogP contribution in [0.5, 0.6) is 5.75 Å². The third-order valence-corrected chi connectivity index (χ3v) is 5.06. The summed E-state index contributed by atoms with van der Waals surface area (Å²) in [4.78, 5) is 31.2. The molecule has 2 aliphatic heterocycles. The minimum atomic E-state index is -0.229. The van der Waals surface area contributed by atoms with Crippen LogP contribution in [0.3, 0.4) is 0 Å². The third kappa shape index (κ3) is 3.95. The average Bonchev–Trinajstić information content (AvgIpc) is 3.04. The number of benzene rings is 1. The first-order chi connectivity index (χ1) is 12.1. The van der Waals surface area contributed by atoms with E-state index in [4.69, 9.17) is 4.74 Å². The highest BCUT2D eigenvalue weighted by atomic mass is 16.5. The van der Waals surface area contributed by atoms with Gasteiger partial charge < -0.3 is 19.4 Å². The SMILES string of the molecule is CCOc1ccc(N2C[C@H](C(=O)N3CCN(CC)CC3)CC2=O)cc1. The molecule has 0 bridgehead atoms. The number of likely N-dealkylation sites (N-methyl/N-ethyl adjacent to an activating group) is 1. The van der Waals surface area contributed by atoms with Gasteiger partial charge in [0.15, 0.2) is 0 Å². The number of piperazine rings is 1. The third-order valence-electron chi connectivity index (χ3n) is 5.06. The number of carbonyl (C=O) groups is 2. The Kier molecular flexibility index (Phi) is 5.58. The van der Waals surface area contributed by atoms with Crippen molar-refractivity contribution in [1.29, 1.82) is 0 Å². The lowest BCUT2D eigenvalue weighted by molar-refractivity contribution is -0.137. The molecule has 0 N–H and O–H groups in total. The van der Waals surface area contributed by atoms with Gasteiger partial charge in [0.05, 0.1) is 12.5 Å². The summed E-state index contributed by atoms with van der Waals surface area (Å²) in [5.41, 5.74) is 0.833. The van der Waals surface area contributed by atoms with Crippen LogP contribution in [-0.4, -0.2) is 67.5 Å². The van der Waals surface area contributed by atoms with E-state index in [0.29, 0.717) is 19.6 Å². The Morgan fingerprint density at radius 1 is 1.12 bits per heavy atom. The normalized spacial score (nSPS) is 21.7. The molecular weight excluding hydrogens is 318 g/mol. The molecule has 0 spiro atoms. The van der Waals surface area contributed by atoms with E-state index in [1.54, 1.807) is 4.90 Å². The van der Waals surface area contributed by atoms with Crippen LogP contribution in [0, 0.1) is 5.92 Å². The first kappa shape index (κ1) is 17.7. The molecule has 3 rings (SSSR count). The molecule has 1 atom stereocenters. The molecule has 0 unspecified atom stereocenters. The fourth-order valence-electron chi connectivity index (χ4n) is 3.55. The first-order valence-electron chi connectivity index (χ1n) is 9.16. The monoisotopic (exact) mass is 345 g/mol. The van der Waals surface area contributed by atoms with Gasteiger partial charge in [0, 0.05) is 44.8 Å². The molecule has 6 heteroatoms. The van der Waals surface area contributed by atoms with Gasteiger partial charge in [-0.05, 0) is 37.7 Å². The summed E-state index contributed by atoms with van der Waals surface area (Å²) in [7, 11) is 0. The van der Waals surface area contributed by atoms with Crippen LogP contribution in [0.25, 0.3) is 0 Å². The molecule has 6 nitrogen and oxygen atoms in total. The topological polar surface area (TPSA) is 53.1 Å². The lowest BCUT2D eigenvalue weighted by Gasteiger charge is -2.35. The molecular formula is C19H27N3O3. The van der Waals surface area contributed by atoms with Crippen molar-refractivity contribution in [2.45, 2.75) is 20.3 Å². The number of anilines is 1. The van der Waals surface area contributed by atoms with Gasteiger partial charge in [-0.2, -0.15) is 0 Å². The summed E-state index contributed by atoms with van der Waals surface area (Å²) in [6.07, 6.45) is 0.306. The minimum absolute atomic E-state index is 0.0229. The Labute approximate surface area is 149 Å². The Morgan fingerprint density at radius 3 is 2.40 bits per heavy atom. The standard InChI is InChI=1S/C19H27N3O3/c1-3-20-9-11-21(12-10-20)19(24)15-13-18(23)22(14-15)16-5-7-17(8-6-16)25-4-2/h5-8,15H,3-4,9-14H2,1-2H3/t15-/m1/s1. The summed E-state index contributed by atoms with van der Waals surface area (Å²) in [5.74, 6) is 0.707. The van der Waals surface area contributed by atoms with E-state index in [1.807, 2.05) is 36.1 Å². The highest BCUT2D eigenvalue weighted by Gasteiger charge is 2.37. The van der Waals surface area contributed by atoms with Crippen molar-refractivity contribution in [2.75, 3.05) is 50.8 Å². The van der Waals surface area contributed by atoms with Gasteiger partial charge in [-0.15, -0.1) is 0 Å². The zero-order chi connectivity index (χ0) is 17.8. The second-order valence-corrected chi connectivity index (χ2v) is 6.59. The number of nitrogens with zero attached hydrogens (tertiary/aromatic N) is 3. The molecule has 1 aromatic carbocycles.